The summed E-state index contributed by atoms with van der Waals surface area (Å²) in [6.07, 6.45) is 3.12. The smallest absolute Gasteiger partial charge is 0.140 e. The molecule has 0 fully saturated rings. The molecule has 4 heteroatoms. The van der Waals surface area contributed by atoms with Gasteiger partial charge in [0.25, 0.3) is 0 Å². The Morgan fingerprint density at radius 3 is 2.59 bits per heavy atom. The summed E-state index contributed by atoms with van der Waals surface area (Å²) in [6.45, 7) is 5.01. The van der Waals surface area contributed by atoms with Crippen LogP contribution in [0.15, 0.2) is 22.7 Å². The highest BCUT2D eigenvalue weighted by Gasteiger charge is 2.09. The summed E-state index contributed by atoms with van der Waals surface area (Å²) in [7, 11) is 0. The largest absolute Gasteiger partial charge is 0.494 e. The summed E-state index contributed by atoms with van der Waals surface area (Å²) < 4.78 is 11.8. The van der Waals surface area contributed by atoms with Crippen LogP contribution in [0.4, 0.5) is 0 Å². The van der Waals surface area contributed by atoms with Crippen molar-refractivity contribution in [3.8, 4) is 17.6 Å². The van der Waals surface area contributed by atoms with E-state index >= 15 is 0 Å². The average Bonchev–Trinajstić information content (AvgIpc) is 2.31. The van der Waals surface area contributed by atoms with E-state index in [1.165, 1.54) is 6.08 Å². The fourth-order valence-electron chi connectivity index (χ4n) is 1.39. The molecule has 0 radical (unpaired) electrons. The molecule has 1 aromatic rings. The van der Waals surface area contributed by atoms with E-state index in [1.54, 1.807) is 6.08 Å². The van der Waals surface area contributed by atoms with Crippen molar-refractivity contribution < 1.29 is 9.47 Å². The Kier molecular flexibility index (Phi) is 5.58. The molecule has 0 saturated heterocycles. The second kappa shape index (κ2) is 6.97. The summed E-state index contributed by atoms with van der Waals surface area (Å²) >= 11 is 3.44. The molecule has 90 valence electrons. The highest BCUT2D eigenvalue weighted by atomic mass is 79.9. The predicted molar refractivity (Wildman–Crippen MR) is 71.1 cm³/mol. The van der Waals surface area contributed by atoms with Crippen molar-refractivity contribution in [1.82, 2.24) is 0 Å². The molecule has 0 N–H and O–H groups in total. The molecule has 0 saturated carbocycles. The highest BCUT2D eigenvalue weighted by Crippen LogP contribution is 2.34. The summed E-state index contributed by atoms with van der Waals surface area (Å²) in [4.78, 5) is 0. The van der Waals surface area contributed by atoms with Crippen LogP contribution in [0.25, 0.3) is 6.08 Å². The number of benzene rings is 1. The van der Waals surface area contributed by atoms with Crippen molar-refractivity contribution in [1.29, 1.82) is 5.26 Å². The number of hydrogen-bond donors (Lipinski definition) is 0. The average molecular weight is 296 g/mol. The zero-order valence-electron chi connectivity index (χ0n) is 9.87. The summed E-state index contributed by atoms with van der Waals surface area (Å²) in [5.41, 5.74) is 0.825. The Morgan fingerprint density at radius 2 is 2.00 bits per heavy atom. The number of allylic oxidation sites excluding steroid dienone is 1. The lowest BCUT2D eigenvalue weighted by molar-refractivity contribution is 0.328. The third-order valence-electron chi connectivity index (χ3n) is 1.98. The summed E-state index contributed by atoms with van der Waals surface area (Å²) in [5.74, 6) is 1.47. The number of rotatable bonds is 5. The van der Waals surface area contributed by atoms with Crippen molar-refractivity contribution in [3.05, 3.63) is 28.2 Å². The second-order valence-electron chi connectivity index (χ2n) is 3.15. The van der Waals surface area contributed by atoms with Gasteiger partial charge in [0.2, 0.25) is 0 Å². The Labute approximate surface area is 110 Å². The number of nitrogens with zero attached hydrogens (tertiary/aromatic N) is 1. The molecular weight excluding hydrogens is 282 g/mol. The Hall–Kier alpha value is -1.47. The number of halogens is 1. The minimum atomic E-state index is 0.569. The van der Waals surface area contributed by atoms with Crippen LogP contribution in [-0.2, 0) is 0 Å². The van der Waals surface area contributed by atoms with Gasteiger partial charge in [-0.25, -0.2) is 0 Å². The van der Waals surface area contributed by atoms with E-state index in [1.807, 2.05) is 32.0 Å². The van der Waals surface area contributed by atoms with Crippen molar-refractivity contribution in [2.45, 2.75) is 13.8 Å². The van der Waals surface area contributed by atoms with Gasteiger partial charge in [-0.3, -0.25) is 0 Å². The molecular formula is C13H14BrNO2. The molecule has 0 aliphatic rings. The topological polar surface area (TPSA) is 42.2 Å². The highest BCUT2D eigenvalue weighted by molar-refractivity contribution is 9.10. The molecule has 3 nitrogen and oxygen atoms in total. The molecule has 0 aliphatic heterocycles. The van der Waals surface area contributed by atoms with E-state index in [9.17, 15) is 0 Å². The molecule has 0 atom stereocenters. The van der Waals surface area contributed by atoms with E-state index in [4.69, 9.17) is 14.7 Å². The molecule has 1 rings (SSSR count). The zero-order chi connectivity index (χ0) is 12.7. The lowest BCUT2D eigenvalue weighted by Gasteiger charge is -2.12. The molecule has 0 aliphatic carbocycles. The van der Waals surface area contributed by atoms with Crippen LogP contribution in [0.2, 0.25) is 0 Å². The Bertz CT molecular complexity index is 449. The maximum absolute atomic E-state index is 8.57. The molecule has 0 aromatic heterocycles. The lowest BCUT2D eigenvalue weighted by Crippen LogP contribution is -1.97. The predicted octanol–water partition coefficient (Wildman–Crippen LogP) is 3.78. The Balaban J connectivity index is 3.19. The zero-order valence-corrected chi connectivity index (χ0v) is 11.5. The van der Waals surface area contributed by atoms with E-state index in [0.717, 1.165) is 21.5 Å². The number of ether oxygens (including phenoxy) is 2. The van der Waals surface area contributed by atoms with Gasteiger partial charge in [0.15, 0.2) is 0 Å². The summed E-state index contributed by atoms with van der Waals surface area (Å²) in [6, 6.07) is 5.68. The second-order valence-corrected chi connectivity index (χ2v) is 4.01. The maximum atomic E-state index is 8.57. The first-order valence-corrected chi connectivity index (χ1v) is 6.17. The summed E-state index contributed by atoms with van der Waals surface area (Å²) in [5, 5.41) is 8.57. The van der Waals surface area contributed by atoms with Crippen LogP contribution in [-0.4, -0.2) is 13.2 Å². The normalized spacial score (nSPS) is 10.2. The van der Waals surface area contributed by atoms with E-state index in [-0.39, 0.29) is 0 Å². The maximum Gasteiger partial charge on any atom is 0.140 e. The third kappa shape index (κ3) is 3.79. The first kappa shape index (κ1) is 13.6. The van der Waals surface area contributed by atoms with Crippen LogP contribution in [0.5, 0.6) is 11.5 Å². The van der Waals surface area contributed by atoms with Crippen LogP contribution in [0.1, 0.15) is 19.4 Å². The van der Waals surface area contributed by atoms with Gasteiger partial charge in [-0.1, -0.05) is 0 Å². The number of hydrogen-bond acceptors (Lipinski definition) is 3. The fourth-order valence-corrected chi connectivity index (χ4v) is 1.96. The van der Waals surface area contributed by atoms with Crippen molar-refractivity contribution in [2.75, 3.05) is 13.2 Å². The molecule has 0 unspecified atom stereocenters. The van der Waals surface area contributed by atoms with Crippen LogP contribution in [0, 0.1) is 11.3 Å². The molecule has 17 heavy (non-hydrogen) atoms. The van der Waals surface area contributed by atoms with E-state index < -0.39 is 0 Å². The fraction of sp³-hybridized carbons (Fsp3) is 0.308. The van der Waals surface area contributed by atoms with Gasteiger partial charge in [0.1, 0.15) is 11.5 Å². The number of nitriles is 1. The molecule has 0 spiro atoms. The van der Waals surface area contributed by atoms with Gasteiger partial charge in [-0.15, -0.1) is 0 Å². The van der Waals surface area contributed by atoms with Crippen molar-refractivity contribution in [2.24, 2.45) is 0 Å². The monoisotopic (exact) mass is 295 g/mol. The quantitative estimate of drug-likeness (QED) is 0.776. The molecule has 0 bridgehead atoms. The van der Waals surface area contributed by atoms with E-state index in [2.05, 4.69) is 15.9 Å². The first-order valence-electron chi connectivity index (χ1n) is 5.38. The van der Waals surface area contributed by atoms with Gasteiger partial charge in [-0.05, 0) is 48.0 Å². The molecule has 0 amide bonds. The SMILES string of the molecule is CCOc1cc(Br)c(OCC)c(C=CC#N)c1. The van der Waals surface area contributed by atoms with E-state index in [0.29, 0.717) is 13.2 Å². The Morgan fingerprint density at radius 1 is 1.29 bits per heavy atom. The first-order chi connectivity index (χ1) is 8.22. The van der Waals surface area contributed by atoms with Crippen LogP contribution >= 0.6 is 15.9 Å². The standard InChI is InChI=1S/C13H14BrNO2/c1-3-16-11-8-10(6-5-7-15)13(17-4-2)12(14)9-11/h5-6,8-9H,3-4H2,1-2H3. The van der Waals surface area contributed by atoms with Gasteiger partial charge < -0.3 is 9.47 Å². The third-order valence-corrected chi connectivity index (χ3v) is 2.57. The van der Waals surface area contributed by atoms with Crippen LogP contribution in [0.3, 0.4) is 0 Å². The van der Waals surface area contributed by atoms with Gasteiger partial charge in [0, 0.05) is 11.6 Å². The minimum Gasteiger partial charge on any atom is -0.494 e. The lowest BCUT2D eigenvalue weighted by atomic mass is 10.1. The van der Waals surface area contributed by atoms with Gasteiger partial charge in [0.05, 0.1) is 23.8 Å². The minimum absolute atomic E-state index is 0.569. The van der Waals surface area contributed by atoms with Gasteiger partial charge in [-0.2, -0.15) is 5.26 Å². The van der Waals surface area contributed by atoms with Gasteiger partial charge >= 0.3 is 0 Å². The van der Waals surface area contributed by atoms with Crippen molar-refractivity contribution >= 4 is 22.0 Å². The van der Waals surface area contributed by atoms with Crippen LogP contribution < -0.4 is 9.47 Å². The molecule has 1 aromatic carbocycles. The molecule has 0 heterocycles. The van der Waals surface area contributed by atoms with Crippen molar-refractivity contribution in [3.63, 3.8) is 0 Å².